The number of nitrogens with zero attached hydrogens (tertiary/aromatic N) is 1. The van der Waals surface area contributed by atoms with Crippen molar-refractivity contribution < 1.29 is 4.42 Å². The van der Waals surface area contributed by atoms with Gasteiger partial charge in [0.1, 0.15) is 0 Å². The molecule has 4 heteroatoms. The number of aryl methyl sites for hydroxylation is 2. The predicted octanol–water partition coefficient (Wildman–Crippen LogP) is 2.52. The molecule has 2 aromatic rings. The van der Waals surface area contributed by atoms with Crippen LogP contribution in [0, 0.1) is 4.84 Å². The maximum absolute atomic E-state index is 5.15. The zero-order valence-corrected chi connectivity index (χ0v) is 8.38. The SMILES string of the molecule is S=c1[nH]nc(CCc2ccccc2)o1. The second-order valence-electron chi connectivity index (χ2n) is 2.99. The fourth-order valence-corrected chi connectivity index (χ4v) is 1.41. The average molecular weight is 206 g/mol. The highest BCUT2D eigenvalue weighted by atomic mass is 32.1. The second-order valence-corrected chi connectivity index (χ2v) is 3.36. The minimum atomic E-state index is 0.341. The average Bonchev–Trinajstić information content (AvgIpc) is 2.63. The third-order valence-corrected chi connectivity index (χ3v) is 2.13. The Bertz CT molecular complexity index is 446. The van der Waals surface area contributed by atoms with Gasteiger partial charge in [0.2, 0.25) is 5.89 Å². The highest BCUT2D eigenvalue weighted by Crippen LogP contribution is 2.04. The van der Waals surface area contributed by atoms with Crippen molar-refractivity contribution in [3.8, 4) is 0 Å². The van der Waals surface area contributed by atoms with E-state index in [1.807, 2.05) is 18.2 Å². The molecule has 0 aliphatic heterocycles. The van der Waals surface area contributed by atoms with Crippen LogP contribution in [0.1, 0.15) is 11.5 Å². The lowest BCUT2D eigenvalue weighted by atomic mass is 10.1. The lowest BCUT2D eigenvalue weighted by Gasteiger charge is -1.96. The van der Waals surface area contributed by atoms with Crippen molar-refractivity contribution in [1.29, 1.82) is 0 Å². The molecule has 0 aliphatic carbocycles. The summed E-state index contributed by atoms with van der Waals surface area (Å²) in [6, 6.07) is 10.2. The van der Waals surface area contributed by atoms with Crippen molar-refractivity contribution in [2.45, 2.75) is 12.8 Å². The van der Waals surface area contributed by atoms with E-state index in [0.29, 0.717) is 10.7 Å². The van der Waals surface area contributed by atoms with E-state index in [-0.39, 0.29) is 0 Å². The minimum absolute atomic E-state index is 0.341. The molecule has 3 nitrogen and oxygen atoms in total. The van der Waals surface area contributed by atoms with E-state index in [1.165, 1.54) is 5.56 Å². The lowest BCUT2D eigenvalue weighted by molar-refractivity contribution is 0.480. The van der Waals surface area contributed by atoms with Gasteiger partial charge in [-0.25, -0.2) is 5.10 Å². The number of hydrogen-bond donors (Lipinski definition) is 1. The van der Waals surface area contributed by atoms with Crippen LogP contribution in [-0.2, 0) is 12.8 Å². The van der Waals surface area contributed by atoms with Crippen molar-refractivity contribution in [3.05, 3.63) is 46.6 Å². The second kappa shape index (κ2) is 4.19. The first-order valence-electron chi connectivity index (χ1n) is 4.43. The number of aromatic amines is 1. The number of hydrogen-bond acceptors (Lipinski definition) is 3. The molecule has 0 amide bonds. The molecule has 0 atom stereocenters. The van der Waals surface area contributed by atoms with E-state index >= 15 is 0 Å². The van der Waals surface area contributed by atoms with Gasteiger partial charge in [-0.1, -0.05) is 30.3 Å². The topological polar surface area (TPSA) is 41.8 Å². The zero-order chi connectivity index (χ0) is 9.80. The maximum atomic E-state index is 5.15. The molecule has 0 fully saturated rings. The van der Waals surface area contributed by atoms with Crippen LogP contribution in [0.5, 0.6) is 0 Å². The Labute approximate surface area is 86.8 Å². The number of benzene rings is 1. The minimum Gasteiger partial charge on any atom is -0.414 e. The van der Waals surface area contributed by atoms with Crippen LogP contribution in [0.15, 0.2) is 34.7 Å². The largest absolute Gasteiger partial charge is 0.414 e. The van der Waals surface area contributed by atoms with Gasteiger partial charge in [0.25, 0.3) is 4.84 Å². The van der Waals surface area contributed by atoms with Crippen LogP contribution in [0.3, 0.4) is 0 Å². The van der Waals surface area contributed by atoms with E-state index in [0.717, 1.165) is 12.8 Å². The van der Waals surface area contributed by atoms with Gasteiger partial charge in [-0.15, -0.1) is 5.10 Å². The maximum Gasteiger partial charge on any atom is 0.284 e. The van der Waals surface area contributed by atoms with Crippen LogP contribution in [0.4, 0.5) is 0 Å². The summed E-state index contributed by atoms with van der Waals surface area (Å²) in [5.74, 6) is 0.666. The summed E-state index contributed by atoms with van der Waals surface area (Å²) in [5.41, 5.74) is 1.27. The fraction of sp³-hybridized carbons (Fsp3) is 0.200. The van der Waals surface area contributed by atoms with Crippen LogP contribution in [0.25, 0.3) is 0 Å². The summed E-state index contributed by atoms with van der Waals surface area (Å²) in [5, 5.41) is 6.54. The first-order valence-corrected chi connectivity index (χ1v) is 4.84. The zero-order valence-electron chi connectivity index (χ0n) is 7.56. The van der Waals surface area contributed by atoms with Crippen molar-refractivity contribution >= 4 is 12.2 Å². The Morgan fingerprint density at radius 2 is 2.00 bits per heavy atom. The molecule has 0 saturated carbocycles. The molecule has 0 radical (unpaired) electrons. The van der Waals surface area contributed by atoms with Crippen molar-refractivity contribution in [2.75, 3.05) is 0 Å². The Hall–Kier alpha value is -1.42. The molecule has 0 aliphatic rings. The van der Waals surface area contributed by atoms with Crippen LogP contribution in [0.2, 0.25) is 0 Å². The summed E-state index contributed by atoms with van der Waals surface area (Å²) < 4.78 is 5.15. The Balaban J connectivity index is 1.98. The molecule has 2 rings (SSSR count). The molecule has 0 spiro atoms. The molecule has 0 unspecified atom stereocenters. The molecule has 0 bridgehead atoms. The van der Waals surface area contributed by atoms with Crippen molar-refractivity contribution in [3.63, 3.8) is 0 Å². The van der Waals surface area contributed by atoms with Crippen LogP contribution in [-0.4, -0.2) is 10.2 Å². The third kappa shape index (κ3) is 2.29. The highest BCUT2D eigenvalue weighted by molar-refractivity contribution is 7.71. The van der Waals surface area contributed by atoms with Gasteiger partial charge in [0.15, 0.2) is 0 Å². The quantitative estimate of drug-likeness (QED) is 0.784. The van der Waals surface area contributed by atoms with E-state index in [1.54, 1.807) is 0 Å². The van der Waals surface area contributed by atoms with E-state index in [9.17, 15) is 0 Å². The van der Waals surface area contributed by atoms with Gasteiger partial charge in [-0.05, 0) is 24.2 Å². The molecule has 72 valence electrons. The van der Waals surface area contributed by atoms with Crippen LogP contribution >= 0.6 is 12.2 Å². The standard InChI is InChI=1S/C10H10N2OS/c14-10-12-11-9(13-10)7-6-8-4-2-1-3-5-8/h1-5H,6-7H2,(H,12,14). The first-order chi connectivity index (χ1) is 6.84. The van der Waals surface area contributed by atoms with Crippen LogP contribution < -0.4 is 0 Å². The fourth-order valence-electron chi connectivity index (χ4n) is 1.26. The molecule has 14 heavy (non-hydrogen) atoms. The summed E-state index contributed by atoms with van der Waals surface area (Å²) in [4.78, 5) is 0.341. The Morgan fingerprint density at radius 3 is 2.64 bits per heavy atom. The first kappa shape index (κ1) is 9.15. The Kier molecular flexibility index (Phi) is 2.74. The molecule has 1 N–H and O–H groups in total. The van der Waals surface area contributed by atoms with Crippen molar-refractivity contribution in [1.82, 2.24) is 10.2 Å². The predicted molar refractivity (Wildman–Crippen MR) is 55.5 cm³/mol. The smallest absolute Gasteiger partial charge is 0.284 e. The Morgan fingerprint density at radius 1 is 1.21 bits per heavy atom. The van der Waals surface area contributed by atoms with E-state index in [2.05, 4.69) is 22.3 Å². The summed E-state index contributed by atoms with van der Waals surface area (Å²) in [6.07, 6.45) is 1.70. The number of aromatic nitrogens is 2. The summed E-state index contributed by atoms with van der Waals surface area (Å²) >= 11 is 4.78. The number of nitrogens with one attached hydrogen (secondary N) is 1. The lowest BCUT2D eigenvalue weighted by Crippen LogP contribution is -1.90. The van der Waals surface area contributed by atoms with Gasteiger partial charge in [0, 0.05) is 6.42 Å². The highest BCUT2D eigenvalue weighted by Gasteiger charge is 1.99. The molecular formula is C10H10N2OS. The molecule has 1 heterocycles. The van der Waals surface area contributed by atoms with Crippen molar-refractivity contribution in [2.24, 2.45) is 0 Å². The third-order valence-electron chi connectivity index (χ3n) is 1.95. The normalized spacial score (nSPS) is 10.3. The molecular weight excluding hydrogens is 196 g/mol. The molecule has 1 aromatic heterocycles. The number of rotatable bonds is 3. The van der Waals surface area contributed by atoms with Gasteiger partial charge < -0.3 is 4.42 Å². The summed E-state index contributed by atoms with van der Waals surface area (Å²) in [6.45, 7) is 0. The van der Waals surface area contributed by atoms with Gasteiger partial charge in [-0.2, -0.15) is 0 Å². The summed E-state index contributed by atoms with van der Waals surface area (Å²) in [7, 11) is 0. The number of H-pyrrole nitrogens is 1. The molecule has 1 aromatic carbocycles. The van der Waals surface area contributed by atoms with Gasteiger partial charge in [0.05, 0.1) is 0 Å². The molecule has 0 saturated heterocycles. The van der Waals surface area contributed by atoms with Gasteiger partial charge >= 0.3 is 0 Å². The van der Waals surface area contributed by atoms with E-state index < -0.39 is 0 Å². The monoisotopic (exact) mass is 206 g/mol. The van der Waals surface area contributed by atoms with E-state index in [4.69, 9.17) is 16.6 Å². The van der Waals surface area contributed by atoms with Gasteiger partial charge in [-0.3, -0.25) is 0 Å².